The third-order valence-corrected chi connectivity index (χ3v) is 5.40. The molecule has 6 nitrogen and oxygen atoms in total. The van der Waals surface area contributed by atoms with Crippen LogP contribution in [-0.4, -0.2) is 59.5 Å². The maximum absolute atomic E-state index is 12.6. The van der Waals surface area contributed by atoms with Crippen LogP contribution in [0.5, 0.6) is 0 Å². The Hall–Kier alpha value is -1.82. The molecular weight excluding hydrogens is 308 g/mol. The van der Waals surface area contributed by atoms with E-state index in [1.165, 1.54) is 12.5 Å². The van der Waals surface area contributed by atoms with E-state index in [1.54, 1.807) is 15.9 Å². The van der Waals surface area contributed by atoms with Gasteiger partial charge in [-0.15, -0.1) is 0 Å². The van der Waals surface area contributed by atoms with Crippen LogP contribution in [0.2, 0.25) is 0 Å². The molecule has 2 aliphatic rings. The fourth-order valence-electron chi connectivity index (χ4n) is 3.88. The van der Waals surface area contributed by atoms with Crippen LogP contribution in [0.3, 0.4) is 0 Å². The van der Waals surface area contributed by atoms with Gasteiger partial charge in [-0.05, 0) is 31.7 Å². The van der Waals surface area contributed by atoms with Gasteiger partial charge >= 0.3 is 0 Å². The third-order valence-electron chi connectivity index (χ3n) is 5.40. The van der Waals surface area contributed by atoms with Gasteiger partial charge in [-0.25, -0.2) is 0 Å². The summed E-state index contributed by atoms with van der Waals surface area (Å²) in [4.78, 5) is 28.5. The van der Waals surface area contributed by atoms with E-state index >= 15 is 0 Å². The lowest BCUT2D eigenvalue weighted by Gasteiger charge is -2.34. The maximum atomic E-state index is 12.6. The minimum atomic E-state index is -0.269. The number of amides is 2. The zero-order valence-electron chi connectivity index (χ0n) is 14.2. The second-order valence-electron chi connectivity index (χ2n) is 7.06. The molecule has 2 atom stereocenters. The van der Waals surface area contributed by atoms with Crippen molar-refractivity contribution in [2.24, 2.45) is 11.8 Å². The standard InChI is InChI=1S/C18H26N2O4/c1-19(11-14-3-2-4-16(14)21)17(22)13-5-8-20(9-6-13)18(23)15-7-10-24-12-15/h7,10,12-14,16,21H,2-6,8-9,11H2,1H3. The molecular formula is C18H26N2O4. The Bertz CT molecular complexity index is 564. The molecule has 0 bridgehead atoms. The molecule has 1 aliphatic carbocycles. The molecule has 24 heavy (non-hydrogen) atoms. The number of carbonyl (C=O) groups excluding carboxylic acids is 2. The number of rotatable bonds is 4. The third kappa shape index (κ3) is 3.64. The van der Waals surface area contributed by atoms with Crippen molar-refractivity contribution in [3.8, 4) is 0 Å². The molecule has 1 aliphatic heterocycles. The largest absolute Gasteiger partial charge is 0.472 e. The molecule has 2 heterocycles. The molecule has 0 aromatic carbocycles. The number of likely N-dealkylation sites (tertiary alicyclic amines) is 1. The van der Waals surface area contributed by atoms with Gasteiger partial charge in [0.2, 0.25) is 5.91 Å². The van der Waals surface area contributed by atoms with Crippen LogP contribution in [0.4, 0.5) is 0 Å². The zero-order valence-corrected chi connectivity index (χ0v) is 14.2. The number of nitrogens with zero attached hydrogens (tertiary/aromatic N) is 2. The fourth-order valence-corrected chi connectivity index (χ4v) is 3.88. The first-order valence-electron chi connectivity index (χ1n) is 8.80. The van der Waals surface area contributed by atoms with E-state index in [-0.39, 0.29) is 29.8 Å². The van der Waals surface area contributed by atoms with Crippen molar-refractivity contribution in [2.75, 3.05) is 26.7 Å². The molecule has 132 valence electrons. The van der Waals surface area contributed by atoms with Crippen molar-refractivity contribution < 1.29 is 19.1 Å². The van der Waals surface area contributed by atoms with E-state index in [2.05, 4.69) is 0 Å². The summed E-state index contributed by atoms with van der Waals surface area (Å²) in [6.07, 6.45) is 6.96. The molecule has 1 saturated carbocycles. The maximum Gasteiger partial charge on any atom is 0.257 e. The van der Waals surface area contributed by atoms with E-state index < -0.39 is 0 Å². The lowest BCUT2D eigenvalue weighted by atomic mass is 9.94. The summed E-state index contributed by atoms with van der Waals surface area (Å²) >= 11 is 0. The summed E-state index contributed by atoms with van der Waals surface area (Å²) in [5.41, 5.74) is 0.562. The van der Waals surface area contributed by atoms with Crippen LogP contribution in [-0.2, 0) is 4.79 Å². The van der Waals surface area contributed by atoms with Gasteiger partial charge in [-0.2, -0.15) is 0 Å². The summed E-state index contributed by atoms with van der Waals surface area (Å²) in [7, 11) is 1.83. The SMILES string of the molecule is CN(CC1CCCC1O)C(=O)C1CCN(C(=O)c2ccoc2)CC1. The Morgan fingerprint density at radius 1 is 1.29 bits per heavy atom. The molecule has 1 saturated heterocycles. The number of piperidine rings is 1. The average molecular weight is 334 g/mol. The van der Waals surface area contributed by atoms with Gasteiger partial charge in [0.25, 0.3) is 5.91 Å². The topological polar surface area (TPSA) is 74.0 Å². The van der Waals surface area contributed by atoms with Crippen LogP contribution < -0.4 is 0 Å². The average Bonchev–Trinajstić information content (AvgIpc) is 3.26. The smallest absolute Gasteiger partial charge is 0.257 e. The highest BCUT2D eigenvalue weighted by atomic mass is 16.3. The van der Waals surface area contributed by atoms with Crippen molar-refractivity contribution in [2.45, 2.75) is 38.2 Å². The van der Waals surface area contributed by atoms with Gasteiger partial charge in [-0.3, -0.25) is 9.59 Å². The zero-order chi connectivity index (χ0) is 17.1. The number of hydrogen-bond acceptors (Lipinski definition) is 4. The first-order chi connectivity index (χ1) is 11.6. The van der Waals surface area contributed by atoms with E-state index in [0.717, 1.165) is 19.3 Å². The van der Waals surface area contributed by atoms with Crippen LogP contribution in [0.15, 0.2) is 23.0 Å². The second-order valence-corrected chi connectivity index (χ2v) is 7.06. The predicted molar refractivity (Wildman–Crippen MR) is 88.3 cm³/mol. The van der Waals surface area contributed by atoms with Crippen LogP contribution >= 0.6 is 0 Å². The summed E-state index contributed by atoms with van der Waals surface area (Å²) in [5.74, 6) is 0.297. The summed E-state index contributed by atoms with van der Waals surface area (Å²) in [6.45, 7) is 1.83. The quantitative estimate of drug-likeness (QED) is 0.910. The Kier molecular flexibility index (Phi) is 5.23. The predicted octanol–water partition coefficient (Wildman–Crippen LogP) is 1.75. The van der Waals surface area contributed by atoms with Crippen molar-refractivity contribution in [3.63, 3.8) is 0 Å². The normalized spacial score (nSPS) is 25.0. The number of aliphatic hydroxyl groups is 1. The lowest BCUT2D eigenvalue weighted by Crippen LogP contribution is -2.44. The molecule has 2 unspecified atom stereocenters. The summed E-state index contributed by atoms with van der Waals surface area (Å²) in [5, 5.41) is 9.93. The van der Waals surface area contributed by atoms with E-state index in [9.17, 15) is 14.7 Å². The number of furan rings is 1. The van der Waals surface area contributed by atoms with Crippen molar-refractivity contribution >= 4 is 11.8 Å². The van der Waals surface area contributed by atoms with Crippen molar-refractivity contribution in [1.29, 1.82) is 0 Å². The molecule has 6 heteroatoms. The van der Waals surface area contributed by atoms with Crippen LogP contribution in [0, 0.1) is 11.8 Å². The number of hydrogen-bond donors (Lipinski definition) is 1. The Morgan fingerprint density at radius 2 is 2.04 bits per heavy atom. The number of carbonyl (C=O) groups is 2. The summed E-state index contributed by atoms with van der Waals surface area (Å²) < 4.78 is 4.96. The monoisotopic (exact) mass is 334 g/mol. The van der Waals surface area contributed by atoms with E-state index in [1.807, 2.05) is 7.05 Å². The van der Waals surface area contributed by atoms with Crippen LogP contribution in [0.25, 0.3) is 0 Å². The lowest BCUT2D eigenvalue weighted by molar-refractivity contribution is -0.136. The van der Waals surface area contributed by atoms with Gasteiger partial charge in [0.1, 0.15) is 6.26 Å². The molecule has 1 aromatic rings. The molecule has 3 rings (SSSR count). The highest BCUT2D eigenvalue weighted by Gasteiger charge is 2.32. The van der Waals surface area contributed by atoms with Crippen molar-refractivity contribution in [3.05, 3.63) is 24.2 Å². The molecule has 0 spiro atoms. The minimum absolute atomic E-state index is 0.0260. The van der Waals surface area contributed by atoms with Gasteiger partial charge in [0, 0.05) is 38.5 Å². The van der Waals surface area contributed by atoms with Gasteiger partial charge in [0.05, 0.1) is 17.9 Å². The number of aliphatic hydroxyl groups excluding tert-OH is 1. The summed E-state index contributed by atoms with van der Waals surface area (Å²) in [6, 6.07) is 1.67. The Balaban J connectivity index is 1.48. The highest BCUT2D eigenvalue weighted by molar-refractivity contribution is 5.94. The van der Waals surface area contributed by atoms with E-state index in [0.29, 0.717) is 38.0 Å². The first kappa shape index (κ1) is 17.0. The molecule has 2 fully saturated rings. The van der Waals surface area contributed by atoms with Gasteiger partial charge < -0.3 is 19.3 Å². The minimum Gasteiger partial charge on any atom is -0.472 e. The van der Waals surface area contributed by atoms with Gasteiger partial charge in [-0.1, -0.05) is 6.42 Å². The molecule has 1 aromatic heterocycles. The Labute approximate surface area is 142 Å². The van der Waals surface area contributed by atoms with Gasteiger partial charge in [0.15, 0.2) is 0 Å². The first-order valence-corrected chi connectivity index (χ1v) is 8.80. The van der Waals surface area contributed by atoms with Crippen LogP contribution in [0.1, 0.15) is 42.5 Å². The van der Waals surface area contributed by atoms with E-state index in [4.69, 9.17) is 4.42 Å². The highest BCUT2D eigenvalue weighted by Crippen LogP contribution is 2.27. The molecule has 2 amide bonds. The second kappa shape index (κ2) is 7.38. The fraction of sp³-hybridized carbons (Fsp3) is 0.667. The van der Waals surface area contributed by atoms with Crippen molar-refractivity contribution in [1.82, 2.24) is 9.80 Å². The molecule has 1 N–H and O–H groups in total. The Morgan fingerprint density at radius 3 is 2.62 bits per heavy atom. The molecule has 0 radical (unpaired) electrons.